The van der Waals surface area contributed by atoms with Crippen molar-refractivity contribution in [2.75, 3.05) is 11.1 Å². The first-order valence-electron chi connectivity index (χ1n) is 11.4. The average molecular weight is 463 g/mol. The van der Waals surface area contributed by atoms with Crippen molar-refractivity contribution < 1.29 is 9.59 Å². The van der Waals surface area contributed by atoms with Crippen LogP contribution in [0, 0.1) is 0 Å². The van der Waals surface area contributed by atoms with Crippen molar-refractivity contribution >= 4 is 40.2 Å². The number of amides is 2. The molecule has 2 fully saturated rings. The first kappa shape index (κ1) is 21.7. The fourth-order valence-electron chi connectivity index (χ4n) is 4.32. The summed E-state index contributed by atoms with van der Waals surface area (Å²) in [5.74, 6) is -0.314. The molecule has 8 heteroatoms. The third-order valence-corrected chi connectivity index (χ3v) is 7.11. The van der Waals surface area contributed by atoms with E-state index in [4.69, 9.17) is 0 Å². The van der Waals surface area contributed by atoms with Crippen molar-refractivity contribution in [2.45, 2.75) is 55.8 Å². The van der Waals surface area contributed by atoms with Crippen LogP contribution in [0.1, 0.15) is 54.9 Å². The fourth-order valence-corrected chi connectivity index (χ4v) is 5.19. The summed E-state index contributed by atoms with van der Waals surface area (Å²) < 4.78 is 1.73. The highest BCUT2D eigenvalue weighted by Crippen LogP contribution is 2.36. The van der Waals surface area contributed by atoms with Gasteiger partial charge in [-0.25, -0.2) is 4.98 Å². The topological polar surface area (TPSA) is 93.1 Å². The van der Waals surface area contributed by atoms with Crippen molar-refractivity contribution in [3.8, 4) is 0 Å². The first-order chi connectivity index (χ1) is 16.1. The molecule has 2 N–H and O–H groups in total. The highest BCUT2D eigenvalue weighted by atomic mass is 32.2. The minimum Gasteiger partial charge on any atom is -0.349 e. The van der Waals surface area contributed by atoms with E-state index in [1.54, 1.807) is 34.9 Å². The monoisotopic (exact) mass is 462 g/mol. The van der Waals surface area contributed by atoms with E-state index < -0.39 is 0 Å². The normalized spacial score (nSPS) is 16.1. The van der Waals surface area contributed by atoms with E-state index in [9.17, 15) is 14.4 Å². The fraction of sp³-hybridized carbons (Fsp3) is 0.360. The van der Waals surface area contributed by atoms with Gasteiger partial charge < -0.3 is 10.6 Å². The standard InChI is InChI=1S/C25H26N4O3S/c30-22(27-20-11-5-3-9-18(20)23(31)26-16-7-1-2-8-16)15-33-25-28-21-12-6-4-10-19(21)24(32)29(25)17-13-14-17/h3-6,9-12,16-17H,1-2,7-8,13-15H2,(H,26,31)(H,27,30). The van der Waals surface area contributed by atoms with Crippen LogP contribution in [0.25, 0.3) is 10.9 Å². The van der Waals surface area contributed by atoms with Gasteiger partial charge in [0, 0.05) is 12.1 Å². The number of fused-ring (bicyclic) bond motifs is 1. The molecule has 170 valence electrons. The molecule has 1 aromatic heterocycles. The molecule has 0 unspecified atom stereocenters. The van der Waals surface area contributed by atoms with Gasteiger partial charge in [-0.2, -0.15) is 0 Å². The predicted octanol–water partition coefficient (Wildman–Crippen LogP) is 4.13. The van der Waals surface area contributed by atoms with Crippen molar-refractivity contribution in [1.82, 2.24) is 14.9 Å². The summed E-state index contributed by atoms with van der Waals surface area (Å²) in [6.07, 6.45) is 6.16. The average Bonchev–Trinajstić information content (AvgIpc) is 3.53. The molecule has 0 saturated heterocycles. The highest BCUT2D eigenvalue weighted by Gasteiger charge is 2.29. The maximum absolute atomic E-state index is 13.0. The Morgan fingerprint density at radius 2 is 1.73 bits per heavy atom. The summed E-state index contributed by atoms with van der Waals surface area (Å²) in [4.78, 5) is 43.2. The Balaban J connectivity index is 1.30. The van der Waals surface area contributed by atoms with E-state index in [1.807, 2.05) is 18.2 Å². The lowest BCUT2D eigenvalue weighted by Crippen LogP contribution is -2.33. The summed E-state index contributed by atoms with van der Waals surface area (Å²) in [6, 6.07) is 14.7. The molecule has 3 aromatic rings. The van der Waals surface area contributed by atoms with Gasteiger partial charge in [0.05, 0.1) is 27.9 Å². The summed E-state index contributed by atoms with van der Waals surface area (Å²) in [6.45, 7) is 0. The van der Waals surface area contributed by atoms with Gasteiger partial charge in [-0.05, 0) is 49.9 Å². The summed E-state index contributed by atoms with van der Waals surface area (Å²) >= 11 is 1.25. The van der Waals surface area contributed by atoms with E-state index >= 15 is 0 Å². The second-order valence-corrected chi connectivity index (χ2v) is 9.60. The summed E-state index contributed by atoms with van der Waals surface area (Å²) in [5.41, 5.74) is 1.53. The quantitative estimate of drug-likeness (QED) is 0.407. The van der Waals surface area contributed by atoms with Crippen molar-refractivity contribution in [3.05, 3.63) is 64.4 Å². The van der Waals surface area contributed by atoms with Crippen LogP contribution in [0.4, 0.5) is 5.69 Å². The molecule has 0 spiro atoms. The molecule has 0 radical (unpaired) electrons. The molecule has 7 nitrogen and oxygen atoms in total. The molecule has 0 bridgehead atoms. The maximum Gasteiger partial charge on any atom is 0.262 e. The third-order valence-electron chi connectivity index (χ3n) is 6.16. The first-order valence-corrected chi connectivity index (χ1v) is 12.4. The number of hydrogen-bond donors (Lipinski definition) is 2. The number of carbonyl (C=O) groups excluding carboxylic acids is 2. The zero-order valence-corrected chi connectivity index (χ0v) is 19.1. The third kappa shape index (κ3) is 4.80. The molecule has 1 heterocycles. The number of benzene rings is 2. The Kier molecular flexibility index (Phi) is 6.17. The summed E-state index contributed by atoms with van der Waals surface area (Å²) in [7, 11) is 0. The Labute approximate surface area is 196 Å². The van der Waals surface area contributed by atoms with Gasteiger partial charge in [-0.3, -0.25) is 19.0 Å². The zero-order valence-electron chi connectivity index (χ0n) is 18.3. The number of nitrogens with one attached hydrogen (secondary N) is 2. The Morgan fingerprint density at radius 3 is 2.52 bits per heavy atom. The van der Waals surface area contributed by atoms with Crippen LogP contribution in [0.15, 0.2) is 58.5 Å². The number of aromatic nitrogens is 2. The summed E-state index contributed by atoms with van der Waals surface area (Å²) in [5, 5.41) is 7.10. The Morgan fingerprint density at radius 1 is 1.00 bits per heavy atom. The van der Waals surface area contributed by atoms with E-state index in [0.717, 1.165) is 38.5 Å². The molecule has 2 aliphatic carbocycles. The van der Waals surface area contributed by atoms with Gasteiger partial charge in [0.2, 0.25) is 5.91 Å². The van der Waals surface area contributed by atoms with Crippen LogP contribution in [0.5, 0.6) is 0 Å². The van der Waals surface area contributed by atoms with E-state index in [-0.39, 0.29) is 35.2 Å². The molecule has 0 atom stereocenters. The Bertz CT molecular complexity index is 1260. The zero-order chi connectivity index (χ0) is 22.8. The van der Waals surface area contributed by atoms with Crippen LogP contribution < -0.4 is 16.2 Å². The molecule has 5 rings (SSSR count). The number of hydrogen-bond acceptors (Lipinski definition) is 5. The lowest BCUT2D eigenvalue weighted by Gasteiger charge is -2.15. The number of para-hydroxylation sites is 2. The minimum absolute atomic E-state index is 0.0556. The second kappa shape index (κ2) is 9.39. The van der Waals surface area contributed by atoms with Crippen LogP contribution in [0.3, 0.4) is 0 Å². The van der Waals surface area contributed by atoms with Crippen molar-refractivity contribution in [3.63, 3.8) is 0 Å². The van der Waals surface area contributed by atoms with Gasteiger partial charge in [-0.15, -0.1) is 0 Å². The molecule has 33 heavy (non-hydrogen) atoms. The largest absolute Gasteiger partial charge is 0.349 e. The molecule has 2 saturated carbocycles. The lowest BCUT2D eigenvalue weighted by atomic mass is 10.1. The van der Waals surface area contributed by atoms with E-state index in [0.29, 0.717) is 27.3 Å². The smallest absolute Gasteiger partial charge is 0.262 e. The van der Waals surface area contributed by atoms with Gasteiger partial charge >= 0.3 is 0 Å². The molecule has 2 amide bonds. The Hall–Kier alpha value is -3.13. The molecular formula is C25H26N4O3S. The van der Waals surface area contributed by atoms with Crippen molar-refractivity contribution in [1.29, 1.82) is 0 Å². The van der Waals surface area contributed by atoms with Gasteiger partial charge in [0.15, 0.2) is 5.16 Å². The van der Waals surface area contributed by atoms with E-state index in [2.05, 4.69) is 15.6 Å². The van der Waals surface area contributed by atoms with Crippen LogP contribution in [-0.2, 0) is 4.79 Å². The number of nitrogens with zero attached hydrogens (tertiary/aromatic N) is 2. The predicted molar refractivity (Wildman–Crippen MR) is 130 cm³/mol. The number of thioether (sulfide) groups is 1. The van der Waals surface area contributed by atoms with Crippen molar-refractivity contribution in [2.24, 2.45) is 0 Å². The van der Waals surface area contributed by atoms with E-state index in [1.165, 1.54) is 11.8 Å². The lowest BCUT2D eigenvalue weighted by molar-refractivity contribution is -0.113. The number of carbonyl (C=O) groups is 2. The van der Waals surface area contributed by atoms with Gasteiger partial charge in [-0.1, -0.05) is 48.9 Å². The molecule has 2 aromatic carbocycles. The minimum atomic E-state index is -0.245. The molecule has 0 aliphatic heterocycles. The number of anilines is 1. The maximum atomic E-state index is 13.0. The SMILES string of the molecule is O=C(CSc1nc2ccccc2c(=O)n1C1CC1)Nc1ccccc1C(=O)NC1CCCC1. The molecule has 2 aliphatic rings. The van der Waals surface area contributed by atoms with Crippen LogP contribution in [-0.4, -0.2) is 33.2 Å². The number of rotatable bonds is 7. The van der Waals surface area contributed by atoms with Crippen LogP contribution in [0.2, 0.25) is 0 Å². The van der Waals surface area contributed by atoms with Gasteiger partial charge in [0.25, 0.3) is 11.5 Å². The molecular weight excluding hydrogens is 436 g/mol. The highest BCUT2D eigenvalue weighted by molar-refractivity contribution is 7.99. The van der Waals surface area contributed by atoms with Crippen LogP contribution >= 0.6 is 11.8 Å². The second-order valence-electron chi connectivity index (χ2n) is 8.66. The van der Waals surface area contributed by atoms with Gasteiger partial charge in [0.1, 0.15) is 0 Å².